The maximum Gasteiger partial charge on any atom is 0.268 e. The molecule has 3 aromatic rings. The van der Waals surface area contributed by atoms with Crippen molar-refractivity contribution < 1.29 is 14.1 Å². The van der Waals surface area contributed by atoms with Crippen LogP contribution in [0.4, 0.5) is 0 Å². The van der Waals surface area contributed by atoms with E-state index in [0.717, 1.165) is 42.3 Å². The molecular formula is C21H26N4O3. The number of rotatable bonds is 6. The maximum absolute atomic E-state index is 13.0. The topological polar surface area (TPSA) is 93.0 Å². The molecule has 0 spiro atoms. The highest BCUT2D eigenvalue weighted by Crippen LogP contribution is 2.38. The number of fused-ring (bicyclic) bond motifs is 1. The predicted molar refractivity (Wildman–Crippen MR) is 105 cm³/mol. The van der Waals surface area contributed by atoms with Crippen LogP contribution in [0, 0.1) is 0 Å². The highest BCUT2D eigenvalue weighted by molar-refractivity contribution is 5.98. The maximum atomic E-state index is 13.0. The molecule has 0 bridgehead atoms. The van der Waals surface area contributed by atoms with Crippen LogP contribution in [0.15, 0.2) is 28.8 Å². The Balaban J connectivity index is 1.60. The molecule has 0 radical (unpaired) electrons. The molecule has 1 fully saturated rings. The summed E-state index contributed by atoms with van der Waals surface area (Å²) in [5, 5.41) is 8.35. The van der Waals surface area contributed by atoms with Crippen LogP contribution in [0.25, 0.3) is 10.9 Å². The average molecular weight is 382 g/mol. The fourth-order valence-corrected chi connectivity index (χ4v) is 3.82. The van der Waals surface area contributed by atoms with Gasteiger partial charge in [0.15, 0.2) is 5.82 Å². The number of benzene rings is 1. The number of carbonyl (C=O) groups is 1. The third-order valence-corrected chi connectivity index (χ3v) is 5.32. The zero-order valence-corrected chi connectivity index (χ0v) is 16.5. The molecule has 7 heteroatoms. The second-order valence-corrected chi connectivity index (χ2v) is 7.72. The van der Waals surface area contributed by atoms with E-state index in [1.54, 1.807) is 0 Å². The van der Waals surface area contributed by atoms with E-state index in [1.807, 2.05) is 45.0 Å². The Hall–Kier alpha value is -2.83. The molecule has 1 amide bonds. The molecule has 2 N–H and O–H groups in total. The van der Waals surface area contributed by atoms with Crippen LogP contribution in [0.2, 0.25) is 0 Å². The third kappa shape index (κ3) is 3.37. The van der Waals surface area contributed by atoms with Gasteiger partial charge in [-0.3, -0.25) is 4.79 Å². The summed E-state index contributed by atoms with van der Waals surface area (Å²) in [6.07, 6.45) is 3.67. The molecule has 1 aliphatic rings. The number of aromatic nitrogens is 3. The lowest BCUT2D eigenvalue weighted by Gasteiger charge is -2.26. The molecule has 1 aromatic carbocycles. The lowest BCUT2D eigenvalue weighted by molar-refractivity contribution is 0.0887. The van der Waals surface area contributed by atoms with Gasteiger partial charge in [0, 0.05) is 22.9 Å². The number of carbonyl (C=O) groups excluding carboxylic acids is 1. The zero-order chi connectivity index (χ0) is 19.7. The third-order valence-electron chi connectivity index (χ3n) is 5.32. The highest BCUT2D eigenvalue weighted by atomic mass is 16.5. The number of nitrogens with zero attached hydrogens (tertiary/aromatic N) is 2. The van der Waals surface area contributed by atoms with Gasteiger partial charge in [0.2, 0.25) is 5.89 Å². The molecule has 148 valence electrons. The molecular weight excluding hydrogens is 356 g/mol. The summed E-state index contributed by atoms with van der Waals surface area (Å²) in [4.78, 5) is 20.8. The Kier molecular flexibility index (Phi) is 4.83. The van der Waals surface area contributed by atoms with Gasteiger partial charge in [0.1, 0.15) is 17.0 Å². The number of hydrogen-bond acceptors (Lipinski definition) is 5. The number of aromatic amines is 1. The van der Waals surface area contributed by atoms with Gasteiger partial charge in [0.25, 0.3) is 5.91 Å². The van der Waals surface area contributed by atoms with E-state index in [0.29, 0.717) is 24.0 Å². The Morgan fingerprint density at radius 1 is 1.32 bits per heavy atom. The van der Waals surface area contributed by atoms with E-state index >= 15 is 0 Å². The minimum Gasteiger partial charge on any atom is -0.494 e. The van der Waals surface area contributed by atoms with E-state index in [9.17, 15) is 4.79 Å². The standard InChI is InChI=1S/C21H26N4O3/c1-4-27-15-8-7-14-11-17(22-16(14)12-15)18(26)24-21(9-5-6-10-21)20-23-19(13(2)3)28-25-20/h7-8,11-13,22H,4-6,9-10H2,1-3H3,(H,24,26). The Bertz CT molecular complexity index is 983. The van der Waals surface area contributed by atoms with Crippen LogP contribution in [-0.4, -0.2) is 27.6 Å². The van der Waals surface area contributed by atoms with Crippen molar-refractivity contribution in [3.63, 3.8) is 0 Å². The summed E-state index contributed by atoms with van der Waals surface area (Å²) in [5.41, 5.74) is 0.822. The van der Waals surface area contributed by atoms with Crippen LogP contribution in [0.1, 0.15) is 74.6 Å². The van der Waals surface area contributed by atoms with Gasteiger partial charge in [-0.05, 0) is 38.0 Å². The van der Waals surface area contributed by atoms with Crippen LogP contribution >= 0.6 is 0 Å². The second kappa shape index (κ2) is 7.30. The van der Waals surface area contributed by atoms with Crippen molar-refractivity contribution in [3.8, 4) is 5.75 Å². The monoisotopic (exact) mass is 382 g/mol. The van der Waals surface area contributed by atoms with Crippen LogP contribution in [0.3, 0.4) is 0 Å². The van der Waals surface area contributed by atoms with Crippen molar-refractivity contribution in [2.45, 2.75) is 57.9 Å². The van der Waals surface area contributed by atoms with Gasteiger partial charge in [-0.2, -0.15) is 4.98 Å². The summed E-state index contributed by atoms with van der Waals surface area (Å²) in [6, 6.07) is 7.63. The van der Waals surface area contributed by atoms with Gasteiger partial charge in [-0.25, -0.2) is 0 Å². The summed E-state index contributed by atoms with van der Waals surface area (Å²) >= 11 is 0. The van der Waals surface area contributed by atoms with Crippen molar-refractivity contribution in [2.75, 3.05) is 6.61 Å². The van der Waals surface area contributed by atoms with Gasteiger partial charge in [0.05, 0.1) is 6.61 Å². The fraction of sp³-hybridized carbons (Fsp3) is 0.476. The lowest BCUT2D eigenvalue weighted by atomic mass is 9.96. The molecule has 0 saturated heterocycles. The predicted octanol–water partition coefficient (Wildman–Crippen LogP) is 4.27. The van der Waals surface area contributed by atoms with Crippen molar-refractivity contribution in [1.82, 2.24) is 20.4 Å². The van der Waals surface area contributed by atoms with Gasteiger partial charge in [-0.1, -0.05) is 31.8 Å². The summed E-state index contributed by atoms with van der Waals surface area (Å²) in [6.45, 7) is 6.57. The minimum absolute atomic E-state index is 0.156. The van der Waals surface area contributed by atoms with E-state index in [-0.39, 0.29) is 11.8 Å². The lowest BCUT2D eigenvalue weighted by Crippen LogP contribution is -2.44. The van der Waals surface area contributed by atoms with Crippen molar-refractivity contribution in [3.05, 3.63) is 41.7 Å². The molecule has 7 nitrogen and oxygen atoms in total. The van der Waals surface area contributed by atoms with Crippen molar-refractivity contribution >= 4 is 16.8 Å². The summed E-state index contributed by atoms with van der Waals surface area (Å²) < 4.78 is 10.9. The quantitative estimate of drug-likeness (QED) is 0.664. The molecule has 1 aliphatic carbocycles. The van der Waals surface area contributed by atoms with Crippen LogP contribution < -0.4 is 10.1 Å². The normalized spacial score (nSPS) is 16.0. The van der Waals surface area contributed by atoms with E-state index < -0.39 is 5.54 Å². The highest BCUT2D eigenvalue weighted by Gasteiger charge is 2.42. The fourth-order valence-electron chi connectivity index (χ4n) is 3.82. The molecule has 0 unspecified atom stereocenters. The average Bonchev–Trinajstić information content (AvgIpc) is 3.41. The molecule has 0 atom stereocenters. The number of amides is 1. The van der Waals surface area contributed by atoms with Crippen molar-refractivity contribution in [1.29, 1.82) is 0 Å². The first-order valence-corrected chi connectivity index (χ1v) is 9.93. The summed E-state index contributed by atoms with van der Waals surface area (Å²) in [7, 11) is 0. The first-order chi connectivity index (χ1) is 13.5. The Morgan fingerprint density at radius 3 is 2.79 bits per heavy atom. The molecule has 28 heavy (non-hydrogen) atoms. The molecule has 1 saturated carbocycles. The second-order valence-electron chi connectivity index (χ2n) is 7.72. The number of hydrogen-bond donors (Lipinski definition) is 2. The Morgan fingerprint density at radius 2 is 2.11 bits per heavy atom. The van der Waals surface area contributed by atoms with E-state index in [4.69, 9.17) is 9.26 Å². The van der Waals surface area contributed by atoms with E-state index in [1.165, 1.54) is 0 Å². The summed E-state index contributed by atoms with van der Waals surface area (Å²) in [5.74, 6) is 1.96. The van der Waals surface area contributed by atoms with E-state index in [2.05, 4.69) is 20.4 Å². The first kappa shape index (κ1) is 18.5. The zero-order valence-electron chi connectivity index (χ0n) is 16.5. The van der Waals surface area contributed by atoms with Crippen molar-refractivity contribution in [2.24, 2.45) is 0 Å². The molecule has 2 heterocycles. The first-order valence-electron chi connectivity index (χ1n) is 9.93. The minimum atomic E-state index is -0.568. The number of ether oxygens (including phenoxy) is 1. The van der Waals surface area contributed by atoms with Crippen LogP contribution in [-0.2, 0) is 5.54 Å². The number of H-pyrrole nitrogens is 1. The molecule has 4 rings (SSSR count). The molecule has 2 aromatic heterocycles. The Labute approximate surface area is 163 Å². The largest absolute Gasteiger partial charge is 0.494 e. The van der Waals surface area contributed by atoms with Gasteiger partial charge in [-0.15, -0.1) is 0 Å². The number of nitrogens with one attached hydrogen (secondary N) is 2. The smallest absolute Gasteiger partial charge is 0.268 e. The van der Waals surface area contributed by atoms with Gasteiger partial charge < -0.3 is 19.6 Å². The molecule has 0 aliphatic heterocycles. The van der Waals surface area contributed by atoms with Gasteiger partial charge >= 0.3 is 0 Å². The SMILES string of the molecule is CCOc1ccc2cc(C(=O)NC3(c4noc(C(C)C)n4)CCCC3)[nH]c2c1. The van der Waals surface area contributed by atoms with Crippen LogP contribution in [0.5, 0.6) is 5.75 Å².